The summed E-state index contributed by atoms with van der Waals surface area (Å²) >= 11 is 0. The average molecular weight is 504 g/mol. The molecule has 3 aromatic rings. The smallest absolute Gasteiger partial charge is 0.410 e. The van der Waals surface area contributed by atoms with Crippen LogP contribution in [0.1, 0.15) is 23.6 Å². The quantitative estimate of drug-likeness (QED) is 0.376. The van der Waals surface area contributed by atoms with Gasteiger partial charge in [0.2, 0.25) is 6.79 Å². The van der Waals surface area contributed by atoms with E-state index in [0.29, 0.717) is 30.2 Å². The maximum atomic E-state index is 13.2. The normalized spacial score (nSPS) is 12.2. The summed E-state index contributed by atoms with van der Waals surface area (Å²) in [5.41, 5.74) is 4.23. The molecule has 3 aromatic carbocycles. The molecule has 0 fully saturated rings. The second-order valence-corrected chi connectivity index (χ2v) is 8.44. The van der Waals surface area contributed by atoms with Gasteiger partial charge in [-0.2, -0.15) is 0 Å². The lowest BCUT2D eigenvalue weighted by molar-refractivity contribution is -0.136. The van der Waals surface area contributed by atoms with Crippen molar-refractivity contribution in [1.82, 2.24) is 4.90 Å². The Morgan fingerprint density at radius 2 is 1.73 bits per heavy atom. The second kappa shape index (κ2) is 12.5. The van der Waals surface area contributed by atoms with Crippen LogP contribution in [-0.2, 0) is 38.5 Å². The van der Waals surface area contributed by atoms with Gasteiger partial charge >= 0.3 is 12.1 Å². The lowest BCUT2D eigenvalue weighted by Gasteiger charge is -2.24. The van der Waals surface area contributed by atoms with Crippen molar-refractivity contribution in [3.63, 3.8) is 0 Å². The number of nitrogens with zero attached hydrogens (tertiary/aromatic N) is 1. The molecule has 0 aromatic heterocycles. The molecular weight excluding hydrogens is 474 g/mol. The summed E-state index contributed by atoms with van der Waals surface area (Å²) in [7, 11) is 0. The summed E-state index contributed by atoms with van der Waals surface area (Å²) in [4.78, 5) is 25.9. The van der Waals surface area contributed by atoms with E-state index in [-0.39, 0.29) is 26.4 Å². The summed E-state index contributed by atoms with van der Waals surface area (Å²) < 4.78 is 21.7. The number of carbonyl (C=O) groups is 2. The molecule has 0 radical (unpaired) electrons. The third kappa shape index (κ3) is 7.27. The highest BCUT2D eigenvalue weighted by atomic mass is 16.7. The van der Waals surface area contributed by atoms with Gasteiger partial charge in [-0.15, -0.1) is 0 Å². The number of aliphatic carboxylic acids is 1. The van der Waals surface area contributed by atoms with Crippen LogP contribution < -0.4 is 4.74 Å². The van der Waals surface area contributed by atoms with Gasteiger partial charge < -0.3 is 24.1 Å². The van der Waals surface area contributed by atoms with Crippen molar-refractivity contribution >= 4 is 12.1 Å². The Bertz CT molecular complexity index is 1260. The van der Waals surface area contributed by atoms with Crippen molar-refractivity contribution < 1.29 is 33.6 Å². The zero-order valence-corrected chi connectivity index (χ0v) is 20.6. The molecule has 0 saturated heterocycles. The monoisotopic (exact) mass is 503 g/mol. The standard InChI is InChI=1S/C29H29NO7/c1-2-35-27-12-11-24(23-10-6-9-22(13-23)14-28(31)32)15-25(27)17-30(16-21-7-4-3-5-8-21)29(33)36-19-26-18-34-20-37-26/h3-13,15,18H,2,14,16-17,19-20H2,1H3,(H,31,32). The Labute approximate surface area is 215 Å². The molecule has 1 aliphatic heterocycles. The first kappa shape index (κ1) is 25.6. The number of amides is 1. The molecule has 1 aliphatic rings. The lowest BCUT2D eigenvalue weighted by atomic mass is 9.99. The van der Waals surface area contributed by atoms with Crippen LogP contribution in [0.25, 0.3) is 11.1 Å². The Morgan fingerprint density at radius 3 is 2.46 bits per heavy atom. The molecular formula is C29H29NO7. The van der Waals surface area contributed by atoms with Crippen LogP contribution in [0.5, 0.6) is 5.75 Å². The average Bonchev–Trinajstić information content (AvgIpc) is 3.42. The maximum absolute atomic E-state index is 13.2. The maximum Gasteiger partial charge on any atom is 0.410 e. The van der Waals surface area contributed by atoms with Crippen LogP contribution in [-0.4, -0.2) is 42.1 Å². The molecule has 37 heavy (non-hydrogen) atoms. The number of hydrogen-bond acceptors (Lipinski definition) is 6. The minimum absolute atomic E-state index is 0.0289. The van der Waals surface area contributed by atoms with Crippen molar-refractivity contribution in [3.05, 3.63) is 102 Å². The van der Waals surface area contributed by atoms with Gasteiger partial charge in [0.1, 0.15) is 12.0 Å². The third-order valence-electron chi connectivity index (χ3n) is 5.68. The van der Waals surface area contributed by atoms with Crippen molar-refractivity contribution in [2.75, 3.05) is 20.0 Å². The Hall–Kier alpha value is -4.46. The molecule has 8 nitrogen and oxygen atoms in total. The van der Waals surface area contributed by atoms with E-state index in [2.05, 4.69) is 0 Å². The fraction of sp³-hybridized carbons (Fsp3) is 0.241. The van der Waals surface area contributed by atoms with E-state index in [4.69, 9.17) is 24.1 Å². The van der Waals surface area contributed by atoms with Crippen LogP contribution in [0.15, 0.2) is 84.8 Å². The van der Waals surface area contributed by atoms with Gasteiger partial charge in [-0.25, -0.2) is 4.79 Å². The van der Waals surface area contributed by atoms with Crippen molar-refractivity contribution in [3.8, 4) is 16.9 Å². The van der Waals surface area contributed by atoms with Crippen molar-refractivity contribution in [2.24, 2.45) is 0 Å². The van der Waals surface area contributed by atoms with Gasteiger partial charge in [-0.3, -0.25) is 9.69 Å². The number of carbonyl (C=O) groups excluding carboxylic acids is 1. The van der Waals surface area contributed by atoms with Gasteiger partial charge in [-0.05, 0) is 41.3 Å². The van der Waals surface area contributed by atoms with E-state index in [9.17, 15) is 9.59 Å². The number of rotatable bonds is 11. The predicted octanol–water partition coefficient (Wildman–Crippen LogP) is 5.36. The van der Waals surface area contributed by atoms with E-state index in [1.54, 1.807) is 11.0 Å². The molecule has 0 aliphatic carbocycles. The van der Waals surface area contributed by atoms with Gasteiger partial charge in [0.05, 0.1) is 19.6 Å². The van der Waals surface area contributed by atoms with Crippen molar-refractivity contribution in [1.29, 1.82) is 0 Å². The highest BCUT2D eigenvalue weighted by Crippen LogP contribution is 2.29. The third-order valence-corrected chi connectivity index (χ3v) is 5.68. The summed E-state index contributed by atoms with van der Waals surface area (Å²) in [6.45, 7) is 3.02. The number of benzene rings is 3. The topological polar surface area (TPSA) is 94.5 Å². The summed E-state index contributed by atoms with van der Waals surface area (Å²) in [6, 6.07) is 22.8. The van der Waals surface area contributed by atoms with Crippen LogP contribution in [0.4, 0.5) is 4.79 Å². The van der Waals surface area contributed by atoms with Crippen LogP contribution in [0.2, 0.25) is 0 Å². The molecule has 0 saturated carbocycles. The summed E-state index contributed by atoms with van der Waals surface area (Å²) in [5.74, 6) is 0.227. The number of hydrogen-bond donors (Lipinski definition) is 1. The predicted molar refractivity (Wildman–Crippen MR) is 137 cm³/mol. The largest absolute Gasteiger partial charge is 0.494 e. The van der Waals surface area contributed by atoms with E-state index in [1.807, 2.05) is 73.7 Å². The Balaban J connectivity index is 1.61. The molecule has 0 spiro atoms. The van der Waals surface area contributed by atoms with Crippen LogP contribution in [0.3, 0.4) is 0 Å². The molecule has 8 heteroatoms. The molecule has 0 atom stereocenters. The van der Waals surface area contributed by atoms with E-state index in [1.165, 1.54) is 6.26 Å². The first-order chi connectivity index (χ1) is 18.0. The molecule has 0 bridgehead atoms. The van der Waals surface area contributed by atoms with E-state index in [0.717, 1.165) is 22.3 Å². The first-order valence-electron chi connectivity index (χ1n) is 12.0. The van der Waals surface area contributed by atoms with Crippen LogP contribution >= 0.6 is 0 Å². The molecule has 1 N–H and O–H groups in total. The van der Waals surface area contributed by atoms with Gasteiger partial charge in [-0.1, -0.05) is 60.7 Å². The van der Waals surface area contributed by atoms with E-state index < -0.39 is 12.1 Å². The van der Waals surface area contributed by atoms with Gasteiger partial charge in [0.15, 0.2) is 12.4 Å². The summed E-state index contributed by atoms with van der Waals surface area (Å²) in [6.07, 6.45) is 0.875. The van der Waals surface area contributed by atoms with Crippen LogP contribution in [0, 0.1) is 0 Å². The first-order valence-corrected chi connectivity index (χ1v) is 12.0. The minimum atomic E-state index is -0.884. The minimum Gasteiger partial charge on any atom is -0.494 e. The summed E-state index contributed by atoms with van der Waals surface area (Å²) in [5, 5.41) is 9.17. The number of carboxylic acid groups (broad SMARTS) is 1. The van der Waals surface area contributed by atoms with Gasteiger partial charge in [0, 0.05) is 12.1 Å². The van der Waals surface area contributed by atoms with E-state index >= 15 is 0 Å². The Kier molecular flexibility index (Phi) is 8.65. The zero-order valence-electron chi connectivity index (χ0n) is 20.6. The second-order valence-electron chi connectivity index (χ2n) is 8.44. The fourth-order valence-corrected chi connectivity index (χ4v) is 3.98. The highest BCUT2D eigenvalue weighted by molar-refractivity contribution is 5.73. The zero-order chi connectivity index (χ0) is 26.0. The fourth-order valence-electron chi connectivity index (χ4n) is 3.98. The molecule has 1 heterocycles. The Morgan fingerprint density at radius 1 is 0.946 bits per heavy atom. The van der Waals surface area contributed by atoms with Gasteiger partial charge in [0.25, 0.3) is 0 Å². The molecule has 192 valence electrons. The number of ether oxygens (including phenoxy) is 4. The molecule has 4 rings (SSSR count). The lowest BCUT2D eigenvalue weighted by Crippen LogP contribution is -2.31. The van der Waals surface area contributed by atoms with Crippen molar-refractivity contribution in [2.45, 2.75) is 26.4 Å². The SMILES string of the molecule is CCOc1ccc(-c2cccc(CC(=O)O)c2)cc1CN(Cc1ccccc1)C(=O)OCC1=COCO1. The highest BCUT2D eigenvalue weighted by Gasteiger charge is 2.20. The molecule has 1 amide bonds. The number of carboxylic acids is 1. The molecule has 0 unspecified atom stereocenters.